The van der Waals surface area contributed by atoms with Gasteiger partial charge < -0.3 is 10.8 Å². The number of nitrogens with zero attached hydrogens (tertiary/aromatic N) is 1. The maximum atomic E-state index is 13.5. The molecule has 3 N–H and O–H groups in total. The van der Waals surface area contributed by atoms with Gasteiger partial charge in [0.2, 0.25) is 0 Å². The number of carboxylic acid groups (broad SMARTS) is 1. The number of carboxylic acids is 1. The molecule has 0 aliphatic heterocycles. The normalized spacial score (nSPS) is 13.7. The molecule has 0 bridgehead atoms. The van der Waals surface area contributed by atoms with E-state index in [1.165, 1.54) is 18.2 Å². The number of hydrogen-bond acceptors (Lipinski definition) is 3. The molecule has 0 saturated heterocycles. The summed E-state index contributed by atoms with van der Waals surface area (Å²) in [6.07, 6.45) is 3.47. The van der Waals surface area contributed by atoms with Gasteiger partial charge in [-0.1, -0.05) is 18.2 Å². The monoisotopic (exact) mass is 288 g/mol. The first-order chi connectivity index (χ1) is 9.98. The summed E-state index contributed by atoms with van der Waals surface area (Å²) in [7, 11) is 0. The van der Waals surface area contributed by atoms with Gasteiger partial charge in [-0.2, -0.15) is 0 Å². The summed E-state index contributed by atoms with van der Waals surface area (Å²) in [5.74, 6) is -1.55. The van der Waals surface area contributed by atoms with Crippen LogP contribution < -0.4 is 5.73 Å². The van der Waals surface area contributed by atoms with Gasteiger partial charge in [0.1, 0.15) is 11.2 Å². The topological polar surface area (TPSA) is 76.2 Å². The van der Waals surface area contributed by atoms with E-state index in [0.717, 1.165) is 11.1 Å². The number of rotatable bonds is 5. The summed E-state index contributed by atoms with van der Waals surface area (Å²) in [6, 6.07) is 7.45. The van der Waals surface area contributed by atoms with Gasteiger partial charge in [0.05, 0.1) is 0 Å². The van der Waals surface area contributed by atoms with Crippen molar-refractivity contribution in [3.05, 3.63) is 65.2 Å². The van der Waals surface area contributed by atoms with Crippen molar-refractivity contribution < 1.29 is 14.3 Å². The Morgan fingerprint density at radius 3 is 2.71 bits per heavy atom. The molecule has 4 nitrogen and oxygen atoms in total. The van der Waals surface area contributed by atoms with Crippen molar-refractivity contribution in [2.75, 3.05) is 6.54 Å². The Morgan fingerprint density at radius 1 is 1.38 bits per heavy atom. The van der Waals surface area contributed by atoms with E-state index < -0.39 is 17.2 Å². The van der Waals surface area contributed by atoms with E-state index in [1.54, 1.807) is 18.5 Å². The summed E-state index contributed by atoms with van der Waals surface area (Å²) in [6.45, 7) is 1.75. The maximum absolute atomic E-state index is 13.5. The van der Waals surface area contributed by atoms with Crippen LogP contribution in [0.25, 0.3) is 0 Å². The van der Waals surface area contributed by atoms with Crippen molar-refractivity contribution in [3.63, 3.8) is 0 Å². The Balaban J connectivity index is 2.49. The lowest BCUT2D eigenvalue weighted by Gasteiger charge is -2.28. The summed E-state index contributed by atoms with van der Waals surface area (Å²) >= 11 is 0. The quantitative estimate of drug-likeness (QED) is 0.883. The lowest BCUT2D eigenvalue weighted by molar-refractivity contribution is -0.143. The van der Waals surface area contributed by atoms with Crippen molar-refractivity contribution in [2.45, 2.75) is 18.8 Å². The highest BCUT2D eigenvalue weighted by Crippen LogP contribution is 2.29. The van der Waals surface area contributed by atoms with Gasteiger partial charge in [-0.25, -0.2) is 4.39 Å². The Bertz CT molecular complexity index is 660. The van der Waals surface area contributed by atoms with Gasteiger partial charge >= 0.3 is 5.97 Å². The highest BCUT2D eigenvalue weighted by atomic mass is 19.1. The molecule has 1 aromatic heterocycles. The first-order valence-corrected chi connectivity index (χ1v) is 6.58. The lowest BCUT2D eigenvalue weighted by atomic mass is 9.75. The Morgan fingerprint density at radius 2 is 2.14 bits per heavy atom. The van der Waals surface area contributed by atoms with Gasteiger partial charge in [0.25, 0.3) is 0 Å². The Kier molecular flexibility index (Phi) is 4.33. The zero-order valence-electron chi connectivity index (χ0n) is 11.7. The van der Waals surface area contributed by atoms with Crippen molar-refractivity contribution in [2.24, 2.45) is 5.73 Å². The van der Waals surface area contributed by atoms with Crippen LogP contribution in [-0.2, 0) is 16.6 Å². The molecule has 0 spiro atoms. The van der Waals surface area contributed by atoms with Gasteiger partial charge in [0, 0.05) is 18.9 Å². The van der Waals surface area contributed by atoms with E-state index in [-0.39, 0.29) is 13.0 Å². The number of carbonyl (C=O) groups is 1. The van der Waals surface area contributed by atoms with Gasteiger partial charge in [-0.05, 0) is 42.2 Å². The van der Waals surface area contributed by atoms with Crippen LogP contribution in [0.5, 0.6) is 0 Å². The molecule has 2 aromatic rings. The van der Waals surface area contributed by atoms with Gasteiger partial charge in [-0.3, -0.25) is 9.78 Å². The van der Waals surface area contributed by atoms with Crippen LogP contribution in [0, 0.1) is 12.7 Å². The highest BCUT2D eigenvalue weighted by molar-refractivity contribution is 5.82. The first-order valence-electron chi connectivity index (χ1n) is 6.58. The molecule has 0 amide bonds. The number of aliphatic carboxylic acids is 1. The van der Waals surface area contributed by atoms with Crippen LogP contribution in [-0.4, -0.2) is 22.6 Å². The number of benzene rings is 1. The van der Waals surface area contributed by atoms with Crippen molar-refractivity contribution in [1.29, 1.82) is 0 Å². The first kappa shape index (κ1) is 15.1. The van der Waals surface area contributed by atoms with Crippen molar-refractivity contribution in [1.82, 2.24) is 4.98 Å². The van der Waals surface area contributed by atoms with Crippen LogP contribution >= 0.6 is 0 Å². The van der Waals surface area contributed by atoms with Gasteiger partial charge in [0.15, 0.2) is 0 Å². The van der Waals surface area contributed by atoms with Crippen molar-refractivity contribution in [3.8, 4) is 0 Å². The maximum Gasteiger partial charge on any atom is 0.315 e. The van der Waals surface area contributed by atoms with Crippen LogP contribution in [0.1, 0.15) is 16.7 Å². The zero-order chi connectivity index (χ0) is 15.5. The van der Waals surface area contributed by atoms with E-state index in [9.17, 15) is 14.3 Å². The molecular formula is C16H17FN2O2. The predicted molar refractivity (Wildman–Crippen MR) is 77.4 cm³/mol. The molecule has 1 aromatic carbocycles. The number of nitrogens with two attached hydrogens (primary N) is 1. The molecule has 1 unspecified atom stereocenters. The molecule has 21 heavy (non-hydrogen) atoms. The lowest BCUT2D eigenvalue weighted by Crippen LogP contribution is -2.45. The minimum absolute atomic E-state index is 0.125. The standard InChI is InChI=1S/C16H17FN2O2/c1-11-5-12(9-19-8-11)7-16(10-18,15(20)21)13-3-2-4-14(17)6-13/h2-6,8-9H,7,10,18H2,1H3,(H,20,21). The number of pyridine rings is 1. The molecule has 0 radical (unpaired) electrons. The van der Waals surface area contributed by atoms with Gasteiger partial charge in [-0.15, -0.1) is 0 Å². The third-order valence-corrected chi connectivity index (χ3v) is 3.57. The second-order valence-electron chi connectivity index (χ2n) is 5.15. The van der Waals surface area contributed by atoms with Crippen LogP contribution in [0.4, 0.5) is 4.39 Å². The molecule has 0 aliphatic rings. The largest absolute Gasteiger partial charge is 0.481 e. The molecule has 0 aliphatic carbocycles. The van der Waals surface area contributed by atoms with E-state index in [2.05, 4.69) is 4.98 Å². The Labute approximate surface area is 122 Å². The predicted octanol–water partition coefficient (Wildman–Crippen LogP) is 2.05. The molecule has 110 valence electrons. The van der Waals surface area contributed by atoms with E-state index >= 15 is 0 Å². The summed E-state index contributed by atoms with van der Waals surface area (Å²) in [5.41, 5.74) is 6.44. The second kappa shape index (κ2) is 6.01. The number of hydrogen-bond donors (Lipinski definition) is 2. The fourth-order valence-corrected chi connectivity index (χ4v) is 2.43. The molecule has 0 fully saturated rings. The average Bonchev–Trinajstić information content (AvgIpc) is 2.44. The molecule has 2 rings (SSSR count). The van der Waals surface area contributed by atoms with E-state index in [1.807, 2.05) is 13.0 Å². The van der Waals surface area contributed by atoms with Crippen molar-refractivity contribution >= 4 is 5.97 Å². The number of aryl methyl sites for hydroxylation is 1. The van der Waals surface area contributed by atoms with E-state index in [0.29, 0.717) is 5.56 Å². The minimum atomic E-state index is -1.36. The fraction of sp³-hybridized carbons (Fsp3) is 0.250. The summed E-state index contributed by atoms with van der Waals surface area (Å²) < 4.78 is 13.5. The molecule has 0 saturated carbocycles. The summed E-state index contributed by atoms with van der Waals surface area (Å²) in [5, 5.41) is 9.68. The SMILES string of the molecule is Cc1cncc(CC(CN)(C(=O)O)c2cccc(F)c2)c1. The van der Waals surface area contributed by atoms with Crippen LogP contribution in [0.15, 0.2) is 42.7 Å². The number of halogens is 1. The van der Waals surface area contributed by atoms with Crippen LogP contribution in [0.2, 0.25) is 0 Å². The third kappa shape index (κ3) is 3.08. The molecule has 1 atom stereocenters. The smallest absolute Gasteiger partial charge is 0.315 e. The van der Waals surface area contributed by atoms with Crippen LogP contribution in [0.3, 0.4) is 0 Å². The second-order valence-corrected chi connectivity index (χ2v) is 5.15. The molecule has 5 heteroatoms. The highest BCUT2D eigenvalue weighted by Gasteiger charge is 2.39. The van der Waals surface area contributed by atoms with E-state index in [4.69, 9.17) is 5.73 Å². The summed E-state index contributed by atoms with van der Waals surface area (Å²) in [4.78, 5) is 15.9. The molecular weight excluding hydrogens is 271 g/mol. The average molecular weight is 288 g/mol. The molecule has 1 heterocycles. The number of aromatic nitrogens is 1. The Hall–Kier alpha value is -2.27. The third-order valence-electron chi connectivity index (χ3n) is 3.57. The minimum Gasteiger partial charge on any atom is -0.481 e. The fourth-order valence-electron chi connectivity index (χ4n) is 2.43. The zero-order valence-corrected chi connectivity index (χ0v) is 11.7.